The van der Waals surface area contributed by atoms with Gasteiger partial charge in [0, 0.05) is 37.2 Å². The Bertz CT molecular complexity index is 384. The minimum absolute atomic E-state index is 1.13. The van der Waals surface area contributed by atoms with Crippen LogP contribution in [0.5, 0.6) is 0 Å². The van der Waals surface area contributed by atoms with Crippen molar-refractivity contribution in [1.29, 1.82) is 0 Å². The molecule has 0 spiro atoms. The van der Waals surface area contributed by atoms with Gasteiger partial charge in [0.05, 0.1) is 0 Å². The molecular weight excluding hydrogens is 276 g/mol. The first-order chi connectivity index (χ1) is 8.16. The summed E-state index contributed by atoms with van der Waals surface area (Å²) in [6.07, 6.45) is 1.14. The van der Waals surface area contributed by atoms with Gasteiger partial charge >= 0.3 is 0 Å². The van der Waals surface area contributed by atoms with Crippen LogP contribution in [0.25, 0.3) is 0 Å². The fraction of sp³-hybridized carbons (Fsp3) is 0.571. The van der Waals surface area contributed by atoms with E-state index in [2.05, 4.69) is 52.1 Å². The highest BCUT2D eigenvalue weighted by atomic mass is 79.9. The van der Waals surface area contributed by atoms with Gasteiger partial charge in [0.1, 0.15) is 0 Å². The maximum Gasteiger partial charge on any atom is 0.0210 e. The second kappa shape index (κ2) is 5.98. The quantitative estimate of drug-likeness (QED) is 0.922. The van der Waals surface area contributed by atoms with Crippen LogP contribution in [0.2, 0.25) is 0 Å². The number of hydrogen-bond acceptors (Lipinski definition) is 2. The third-order valence-corrected chi connectivity index (χ3v) is 4.31. The average Bonchev–Trinajstić information content (AvgIpc) is 2.33. The van der Waals surface area contributed by atoms with Crippen LogP contribution < -0.4 is 5.32 Å². The lowest BCUT2D eigenvalue weighted by atomic mass is 10.0. The molecule has 0 atom stereocenters. The molecule has 17 heavy (non-hydrogen) atoms. The van der Waals surface area contributed by atoms with E-state index in [1.54, 1.807) is 0 Å². The molecule has 1 heterocycles. The van der Waals surface area contributed by atoms with E-state index in [4.69, 9.17) is 0 Å². The molecule has 1 aliphatic heterocycles. The van der Waals surface area contributed by atoms with Crippen molar-refractivity contribution in [3.8, 4) is 0 Å². The molecule has 1 N–H and O–H groups in total. The monoisotopic (exact) mass is 296 g/mol. The molecule has 2 rings (SSSR count). The topological polar surface area (TPSA) is 15.3 Å². The zero-order valence-corrected chi connectivity index (χ0v) is 12.3. The highest BCUT2D eigenvalue weighted by Gasteiger charge is 2.10. The van der Waals surface area contributed by atoms with Gasteiger partial charge in [-0.1, -0.05) is 22.0 Å². The predicted octanol–water partition coefficient (Wildman–Crippen LogP) is 2.51. The van der Waals surface area contributed by atoms with E-state index in [-0.39, 0.29) is 0 Å². The summed E-state index contributed by atoms with van der Waals surface area (Å²) in [4.78, 5) is 2.54. The molecule has 1 saturated heterocycles. The molecule has 0 unspecified atom stereocenters. The van der Waals surface area contributed by atoms with Gasteiger partial charge in [0.15, 0.2) is 0 Å². The second-order valence-corrected chi connectivity index (χ2v) is 5.72. The van der Waals surface area contributed by atoms with Crippen LogP contribution in [-0.4, -0.2) is 37.6 Å². The lowest BCUT2D eigenvalue weighted by Crippen LogP contribution is -2.44. The Labute approximate surface area is 113 Å². The first kappa shape index (κ1) is 13.1. The Balaban J connectivity index is 1.96. The number of benzene rings is 1. The maximum absolute atomic E-state index is 3.68. The molecule has 0 amide bonds. The van der Waals surface area contributed by atoms with Crippen molar-refractivity contribution in [2.75, 3.05) is 32.7 Å². The van der Waals surface area contributed by atoms with Gasteiger partial charge in [-0.05, 0) is 43.0 Å². The summed E-state index contributed by atoms with van der Waals surface area (Å²) in [5.74, 6) is 0. The smallest absolute Gasteiger partial charge is 0.0210 e. The summed E-state index contributed by atoms with van der Waals surface area (Å²) in [5, 5.41) is 3.39. The number of aryl methyl sites for hydroxylation is 2. The number of hydrogen-bond donors (Lipinski definition) is 1. The number of nitrogens with zero attached hydrogens (tertiary/aromatic N) is 1. The molecule has 94 valence electrons. The third-order valence-electron chi connectivity index (χ3n) is 3.57. The van der Waals surface area contributed by atoms with E-state index in [9.17, 15) is 0 Å². The molecule has 1 aromatic rings. The zero-order valence-electron chi connectivity index (χ0n) is 10.7. The van der Waals surface area contributed by atoms with Gasteiger partial charge in [0.2, 0.25) is 0 Å². The molecule has 0 aliphatic carbocycles. The van der Waals surface area contributed by atoms with Gasteiger partial charge in [-0.3, -0.25) is 0 Å². The molecule has 3 heteroatoms. The summed E-state index contributed by atoms with van der Waals surface area (Å²) >= 11 is 3.68. The second-order valence-electron chi connectivity index (χ2n) is 4.87. The van der Waals surface area contributed by atoms with Crippen molar-refractivity contribution in [3.05, 3.63) is 33.3 Å². The van der Waals surface area contributed by atoms with Crippen LogP contribution in [0, 0.1) is 13.8 Å². The van der Waals surface area contributed by atoms with Crippen molar-refractivity contribution < 1.29 is 0 Å². The molecule has 0 aromatic heterocycles. The normalized spacial score (nSPS) is 17.4. The Hall–Kier alpha value is -0.380. The first-order valence-electron chi connectivity index (χ1n) is 6.35. The molecule has 1 aromatic carbocycles. The van der Waals surface area contributed by atoms with E-state index in [0.717, 1.165) is 19.5 Å². The van der Waals surface area contributed by atoms with Crippen LogP contribution in [0.1, 0.15) is 16.7 Å². The molecule has 0 bridgehead atoms. The molecule has 0 radical (unpaired) electrons. The number of nitrogens with one attached hydrogen (secondary N) is 1. The summed E-state index contributed by atoms with van der Waals surface area (Å²) in [7, 11) is 0. The van der Waals surface area contributed by atoms with Gasteiger partial charge in [-0.25, -0.2) is 0 Å². The van der Waals surface area contributed by atoms with E-state index < -0.39 is 0 Å². The van der Waals surface area contributed by atoms with Crippen molar-refractivity contribution in [2.24, 2.45) is 0 Å². The largest absolute Gasteiger partial charge is 0.314 e. The molecule has 1 fully saturated rings. The number of piperazine rings is 1. The summed E-state index contributed by atoms with van der Waals surface area (Å²) in [5.41, 5.74) is 4.19. The lowest BCUT2D eigenvalue weighted by molar-refractivity contribution is 0.244. The highest BCUT2D eigenvalue weighted by molar-refractivity contribution is 9.10. The summed E-state index contributed by atoms with van der Waals surface area (Å²) < 4.78 is 1.26. The summed E-state index contributed by atoms with van der Waals surface area (Å²) in [6, 6.07) is 4.56. The van der Waals surface area contributed by atoms with E-state index >= 15 is 0 Å². The average molecular weight is 297 g/mol. The Morgan fingerprint density at radius 1 is 1.18 bits per heavy atom. The molecule has 0 saturated carbocycles. The Morgan fingerprint density at radius 2 is 1.82 bits per heavy atom. The SMILES string of the molecule is Cc1cc(Br)c(CCN2CCNCC2)cc1C. The predicted molar refractivity (Wildman–Crippen MR) is 76.6 cm³/mol. The number of halogens is 1. The van der Waals surface area contributed by atoms with Gasteiger partial charge in [0.25, 0.3) is 0 Å². The van der Waals surface area contributed by atoms with Gasteiger partial charge in [-0.2, -0.15) is 0 Å². The third kappa shape index (κ3) is 3.54. The maximum atomic E-state index is 3.68. The van der Waals surface area contributed by atoms with Gasteiger partial charge in [-0.15, -0.1) is 0 Å². The summed E-state index contributed by atoms with van der Waals surface area (Å²) in [6.45, 7) is 10.2. The van der Waals surface area contributed by atoms with Crippen LogP contribution in [0.15, 0.2) is 16.6 Å². The minimum Gasteiger partial charge on any atom is -0.314 e. The molecule has 1 aliphatic rings. The van der Waals surface area contributed by atoms with Crippen molar-refractivity contribution in [3.63, 3.8) is 0 Å². The Kier molecular flexibility index (Phi) is 4.60. The number of rotatable bonds is 3. The van der Waals surface area contributed by atoms with E-state index in [0.29, 0.717) is 0 Å². The zero-order chi connectivity index (χ0) is 12.3. The molecular formula is C14H21BrN2. The first-order valence-corrected chi connectivity index (χ1v) is 7.15. The fourth-order valence-corrected chi connectivity index (χ4v) is 2.90. The van der Waals surface area contributed by atoms with Crippen molar-refractivity contribution >= 4 is 15.9 Å². The minimum atomic E-state index is 1.13. The van der Waals surface area contributed by atoms with E-state index in [1.807, 2.05) is 0 Å². The molecule has 2 nitrogen and oxygen atoms in total. The van der Waals surface area contributed by atoms with Gasteiger partial charge < -0.3 is 10.2 Å². The fourth-order valence-electron chi connectivity index (χ4n) is 2.25. The lowest BCUT2D eigenvalue weighted by Gasteiger charge is -2.27. The van der Waals surface area contributed by atoms with Crippen molar-refractivity contribution in [2.45, 2.75) is 20.3 Å². The van der Waals surface area contributed by atoms with E-state index in [1.165, 1.54) is 40.8 Å². The van der Waals surface area contributed by atoms with Crippen LogP contribution in [0.3, 0.4) is 0 Å². The van der Waals surface area contributed by atoms with Crippen LogP contribution in [0.4, 0.5) is 0 Å². The standard InChI is InChI=1S/C14H21BrN2/c1-11-9-13(14(15)10-12(11)2)3-6-17-7-4-16-5-8-17/h9-10,16H,3-8H2,1-2H3. The van der Waals surface area contributed by atoms with Crippen LogP contribution in [-0.2, 0) is 6.42 Å². The van der Waals surface area contributed by atoms with Crippen LogP contribution >= 0.6 is 15.9 Å². The Morgan fingerprint density at radius 3 is 2.53 bits per heavy atom. The highest BCUT2D eigenvalue weighted by Crippen LogP contribution is 2.22. The van der Waals surface area contributed by atoms with Crippen molar-refractivity contribution in [1.82, 2.24) is 10.2 Å².